The summed E-state index contributed by atoms with van der Waals surface area (Å²) in [6.07, 6.45) is 0. The summed E-state index contributed by atoms with van der Waals surface area (Å²) in [6.45, 7) is 5.27. The van der Waals surface area contributed by atoms with Crippen LogP contribution in [-0.4, -0.2) is 21.7 Å². The Hall–Kier alpha value is -4.56. The second-order valence-electron chi connectivity index (χ2n) is 8.84. The number of ether oxygens (including phenoxy) is 1. The van der Waals surface area contributed by atoms with Crippen LogP contribution in [0.2, 0.25) is 0 Å². The van der Waals surface area contributed by atoms with Gasteiger partial charge in [0, 0.05) is 18.2 Å². The van der Waals surface area contributed by atoms with E-state index < -0.39 is 5.97 Å². The summed E-state index contributed by atoms with van der Waals surface area (Å²) in [6, 6.07) is 22.8. The van der Waals surface area contributed by atoms with Crippen molar-refractivity contribution in [3.63, 3.8) is 0 Å². The second-order valence-corrected chi connectivity index (χ2v) is 9.79. The van der Waals surface area contributed by atoms with Crippen molar-refractivity contribution in [3.8, 4) is 34.0 Å². The fraction of sp³-hybridized carbons (Fsp3) is 0.100. The van der Waals surface area contributed by atoms with Crippen LogP contribution in [0, 0.1) is 19.7 Å². The van der Waals surface area contributed by atoms with Crippen molar-refractivity contribution in [1.82, 2.24) is 9.78 Å². The summed E-state index contributed by atoms with van der Waals surface area (Å²) < 4.78 is 21.2. The van der Waals surface area contributed by atoms with Crippen molar-refractivity contribution in [2.75, 3.05) is 5.32 Å². The SMILES string of the molecule is CC(=O)Oc1c(-c2ccc(NC(=O)c3cccs3)cc2)c(-c2ccc(F)cc2)nn1-c1cc(C)ccc1C. The van der Waals surface area contributed by atoms with Gasteiger partial charge in [-0.25, -0.2) is 4.39 Å². The number of aryl methyl sites for hydroxylation is 2. The molecule has 1 N–H and O–H groups in total. The van der Waals surface area contributed by atoms with Gasteiger partial charge in [-0.1, -0.05) is 30.3 Å². The standard InChI is InChI=1S/C30H24FN3O3S/c1-18-6-7-19(2)25(17-18)34-30(37-20(3)35)27(28(33-34)22-8-12-23(31)13-9-22)21-10-14-24(15-11-21)32-29(36)26-5-4-16-38-26/h4-17H,1-3H3,(H,32,36). The number of carbonyl (C=O) groups excluding carboxylic acids is 2. The minimum absolute atomic E-state index is 0.192. The monoisotopic (exact) mass is 525 g/mol. The van der Waals surface area contributed by atoms with Gasteiger partial charge in [-0.05, 0) is 84.4 Å². The first-order valence-electron chi connectivity index (χ1n) is 11.9. The molecule has 2 heterocycles. The highest BCUT2D eigenvalue weighted by Gasteiger charge is 2.25. The quantitative estimate of drug-likeness (QED) is 0.238. The minimum Gasteiger partial charge on any atom is -0.407 e. The summed E-state index contributed by atoms with van der Waals surface area (Å²) in [5, 5.41) is 9.60. The van der Waals surface area contributed by atoms with Crippen LogP contribution < -0.4 is 10.1 Å². The predicted octanol–water partition coefficient (Wildman–Crippen LogP) is 7.20. The van der Waals surface area contributed by atoms with Crippen molar-refractivity contribution in [3.05, 3.63) is 106 Å². The number of aromatic nitrogens is 2. The number of esters is 1. The molecule has 0 saturated heterocycles. The average Bonchev–Trinajstić information content (AvgIpc) is 3.55. The Morgan fingerprint density at radius 3 is 2.32 bits per heavy atom. The molecule has 3 aromatic carbocycles. The minimum atomic E-state index is -0.497. The fourth-order valence-corrected chi connectivity index (χ4v) is 4.75. The molecule has 0 atom stereocenters. The molecule has 0 aliphatic rings. The van der Waals surface area contributed by atoms with Crippen LogP contribution in [0.25, 0.3) is 28.1 Å². The van der Waals surface area contributed by atoms with Gasteiger partial charge in [0.05, 0.1) is 16.1 Å². The summed E-state index contributed by atoms with van der Waals surface area (Å²) in [5.74, 6) is -0.803. The third kappa shape index (κ3) is 5.12. The van der Waals surface area contributed by atoms with E-state index in [1.807, 2.05) is 55.6 Å². The molecule has 0 radical (unpaired) electrons. The van der Waals surface area contributed by atoms with E-state index in [0.717, 1.165) is 16.8 Å². The zero-order chi connectivity index (χ0) is 26.8. The molecule has 2 aromatic heterocycles. The maximum atomic E-state index is 13.8. The number of hydrogen-bond donors (Lipinski definition) is 1. The molecular formula is C30H24FN3O3S. The molecule has 0 fully saturated rings. The smallest absolute Gasteiger partial charge is 0.309 e. The molecule has 190 valence electrons. The van der Waals surface area contributed by atoms with Gasteiger partial charge in [-0.2, -0.15) is 9.78 Å². The van der Waals surface area contributed by atoms with Gasteiger partial charge in [-0.15, -0.1) is 11.3 Å². The number of nitrogens with zero attached hydrogens (tertiary/aromatic N) is 2. The molecule has 0 bridgehead atoms. The number of hydrogen-bond acceptors (Lipinski definition) is 5. The van der Waals surface area contributed by atoms with Crippen molar-refractivity contribution in [1.29, 1.82) is 0 Å². The number of thiophene rings is 1. The van der Waals surface area contributed by atoms with E-state index in [0.29, 0.717) is 32.9 Å². The molecule has 6 nitrogen and oxygen atoms in total. The Labute approximate surface area is 223 Å². The van der Waals surface area contributed by atoms with Crippen molar-refractivity contribution >= 4 is 28.9 Å². The lowest BCUT2D eigenvalue weighted by atomic mass is 10.0. The number of anilines is 1. The third-order valence-corrected chi connectivity index (χ3v) is 6.84. The van der Waals surface area contributed by atoms with Crippen molar-refractivity contribution in [2.24, 2.45) is 0 Å². The summed E-state index contributed by atoms with van der Waals surface area (Å²) >= 11 is 1.36. The lowest BCUT2D eigenvalue weighted by molar-refractivity contribution is -0.132. The van der Waals surface area contributed by atoms with Crippen LogP contribution in [0.5, 0.6) is 5.88 Å². The van der Waals surface area contributed by atoms with E-state index in [1.54, 1.807) is 35.0 Å². The molecule has 0 saturated carbocycles. The van der Waals surface area contributed by atoms with Gasteiger partial charge in [0.15, 0.2) is 0 Å². The van der Waals surface area contributed by atoms with E-state index in [9.17, 15) is 14.0 Å². The molecule has 0 unspecified atom stereocenters. The molecule has 8 heteroatoms. The number of rotatable bonds is 6. The van der Waals surface area contributed by atoms with Crippen LogP contribution in [0.4, 0.5) is 10.1 Å². The zero-order valence-electron chi connectivity index (χ0n) is 21.0. The van der Waals surface area contributed by atoms with Crippen LogP contribution in [0.15, 0.2) is 84.2 Å². The Morgan fingerprint density at radius 1 is 0.947 bits per heavy atom. The third-order valence-electron chi connectivity index (χ3n) is 5.97. The van der Waals surface area contributed by atoms with Gasteiger partial charge in [-0.3, -0.25) is 9.59 Å². The second kappa shape index (κ2) is 10.4. The Balaban J connectivity index is 1.66. The topological polar surface area (TPSA) is 73.2 Å². The van der Waals surface area contributed by atoms with E-state index in [1.165, 1.54) is 30.4 Å². The zero-order valence-corrected chi connectivity index (χ0v) is 21.8. The maximum absolute atomic E-state index is 13.8. The van der Waals surface area contributed by atoms with Crippen molar-refractivity contribution < 1.29 is 18.7 Å². The highest BCUT2D eigenvalue weighted by atomic mass is 32.1. The lowest BCUT2D eigenvalue weighted by Crippen LogP contribution is -2.10. The number of benzene rings is 3. The molecule has 38 heavy (non-hydrogen) atoms. The largest absolute Gasteiger partial charge is 0.407 e. The van der Waals surface area contributed by atoms with Gasteiger partial charge in [0.25, 0.3) is 5.91 Å². The number of halogens is 1. The van der Waals surface area contributed by atoms with Crippen LogP contribution >= 0.6 is 11.3 Å². The predicted molar refractivity (Wildman–Crippen MR) is 147 cm³/mol. The van der Waals surface area contributed by atoms with E-state index in [2.05, 4.69) is 5.32 Å². The van der Waals surface area contributed by atoms with Gasteiger partial charge < -0.3 is 10.1 Å². The normalized spacial score (nSPS) is 10.8. The van der Waals surface area contributed by atoms with Gasteiger partial charge in [0.1, 0.15) is 11.5 Å². The molecule has 0 aliphatic heterocycles. The Kier molecular flexibility index (Phi) is 6.89. The highest BCUT2D eigenvalue weighted by molar-refractivity contribution is 7.12. The van der Waals surface area contributed by atoms with E-state index >= 15 is 0 Å². The van der Waals surface area contributed by atoms with E-state index in [-0.39, 0.29) is 17.6 Å². The molecule has 0 aliphatic carbocycles. The summed E-state index contributed by atoms with van der Waals surface area (Å²) in [5.41, 5.74) is 5.81. The van der Waals surface area contributed by atoms with Crippen molar-refractivity contribution in [2.45, 2.75) is 20.8 Å². The summed E-state index contributed by atoms with van der Waals surface area (Å²) in [7, 11) is 0. The molecule has 5 rings (SSSR count). The molecule has 1 amide bonds. The highest BCUT2D eigenvalue weighted by Crippen LogP contribution is 2.41. The first-order valence-corrected chi connectivity index (χ1v) is 12.8. The van der Waals surface area contributed by atoms with Crippen LogP contribution in [0.1, 0.15) is 27.7 Å². The number of amides is 1. The molecule has 0 spiro atoms. The Bertz CT molecular complexity index is 1620. The fourth-order valence-electron chi connectivity index (χ4n) is 4.13. The molecule has 5 aromatic rings. The number of nitrogens with one attached hydrogen (secondary N) is 1. The number of carbonyl (C=O) groups is 2. The first kappa shape index (κ1) is 25.1. The lowest BCUT2D eigenvalue weighted by Gasteiger charge is -2.12. The average molecular weight is 526 g/mol. The summed E-state index contributed by atoms with van der Waals surface area (Å²) in [4.78, 5) is 25.4. The van der Waals surface area contributed by atoms with Crippen LogP contribution in [-0.2, 0) is 4.79 Å². The van der Waals surface area contributed by atoms with Crippen LogP contribution in [0.3, 0.4) is 0 Å². The molecular weight excluding hydrogens is 501 g/mol. The van der Waals surface area contributed by atoms with Gasteiger partial charge in [0.2, 0.25) is 5.88 Å². The first-order chi connectivity index (χ1) is 18.3. The van der Waals surface area contributed by atoms with E-state index in [4.69, 9.17) is 9.84 Å². The Morgan fingerprint density at radius 2 is 1.66 bits per heavy atom. The van der Waals surface area contributed by atoms with Gasteiger partial charge >= 0.3 is 5.97 Å². The maximum Gasteiger partial charge on any atom is 0.309 e.